The molecular weight excluding hydrogens is 598 g/mol. The standard InChI is InChI=1S/C34H34ClN3O5S/c1-6-37(7-2)33(40)29-21(3)36-34-38(30(29)24-15-11-12-16-26(24)41-4)32(39)28(44-34)19-23-17-25(35)31(27(18-23)42-5)43-20-22-13-9-8-10-14-22/h8-19,30H,6-7,20H2,1-5H3/b28-19+/t30-/m0/s1. The number of amides is 1. The van der Waals surface area contributed by atoms with Gasteiger partial charge >= 0.3 is 0 Å². The summed E-state index contributed by atoms with van der Waals surface area (Å²) in [5.74, 6) is 1.28. The third kappa shape index (κ3) is 6.02. The average molecular weight is 632 g/mol. The van der Waals surface area contributed by atoms with Crippen LogP contribution in [0.4, 0.5) is 0 Å². The second kappa shape index (κ2) is 13.5. The number of carbonyl (C=O) groups is 1. The molecule has 0 radical (unpaired) electrons. The molecule has 0 spiro atoms. The van der Waals surface area contributed by atoms with Gasteiger partial charge in [0, 0.05) is 18.7 Å². The van der Waals surface area contributed by atoms with Gasteiger partial charge in [0.2, 0.25) is 0 Å². The molecule has 0 saturated heterocycles. The predicted molar refractivity (Wildman–Crippen MR) is 173 cm³/mol. The summed E-state index contributed by atoms with van der Waals surface area (Å²) >= 11 is 7.92. The molecule has 0 aliphatic carbocycles. The minimum absolute atomic E-state index is 0.163. The molecule has 2 heterocycles. The minimum Gasteiger partial charge on any atom is -0.496 e. The molecule has 0 fully saturated rings. The molecule has 1 amide bonds. The Balaban J connectivity index is 1.62. The van der Waals surface area contributed by atoms with Gasteiger partial charge in [0.1, 0.15) is 18.4 Å². The van der Waals surface area contributed by atoms with E-state index in [0.717, 1.165) is 5.56 Å². The van der Waals surface area contributed by atoms with E-state index in [1.165, 1.54) is 11.3 Å². The van der Waals surface area contributed by atoms with Crippen LogP contribution in [0.5, 0.6) is 17.2 Å². The van der Waals surface area contributed by atoms with Crippen LogP contribution in [0, 0.1) is 0 Å². The van der Waals surface area contributed by atoms with E-state index in [9.17, 15) is 9.59 Å². The van der Waals surface area contributed by atoms with Crippen LogP contribution in [-0.4, -0.2) is 42.7 Å². The number of rotatable bonds is 10. The molecule has 1 atom stereocenters. The molecule has 1 aliphatic heterocycles. The third-order valence-electron chi connectivity index (χ3n) is 7.51. The van der Waals surface area contributed by atoms with E-state index in [-0.39, 0.29) is 11.5 Å². The molecule has 228 valence electrons. The zero-order valence-corrected chi connectivity index (χ0v) is 26.9. The Hall–Kier alpha value is -4.34. The fourth-order valence-electron chi connectivity index (χ4n) is 5.31. The first kappa shape index (κ1) is 31.1. The highest BCUT2D eigenvalue weighted by Crippen LogP contribution is 2.38. The highest BCUT2D eigenvalue weighted by molar-refractivity contribution is 7.07. The molecule has 0 bridgehead atoms. The molecule has 0 N–H and O–H groups in total. The fourth-order valence-corrected chi connectivity index (χ4v) is 6.63. The van der Waals surface area contributed by atoms with Crippen molar-refractivity contribution in [1.29, 1.82) is 0 Å². The first-order valence-electron chi connectivity index (χ1n) is 14.3. The van der Waals surface area contributed by atoms with Crippen molar-refractivity contribution in [1.82, 2.24) is 9.47 Å². The number of halogens is 1. The highest BCUT2D eigenvalue weighted by Gasteiger charge is 2.35. The molecule has 3 aromatic carbocycles. The van der Waals surface area contributed by atoms with Crippen LogP contribution >= 0.6 is 22.9 Å². The maximum Gasteiger partial charge on any atom is 0.271 e. The first-order chi connectivity index (χ1) is 21.3. The van der Waals surface area contributed by atoms with Crippen LogP contribution in [0.15, 0.2) is 87.8 Å². The molecule has 0 unspecified atom stereocenters. The van der Waals surface area contributed by atoms with Crippen LogP contribution in [0.1, 0.15) is 43.5 Å². The van der Waals surface area contributed by atoms with E-state index in [4.69, 9.17) is 30.8 Å². The van der Waals surface area contributed by atoms with Crippen LogP contribution in [0.25, 0.3) is 6.08 Å². The second-order valence-electron chi connectivity index (χ2n) is 10.1. The molecule has 0 saturated carbocycles. The third-order valence-corrected chi connectivity index (χ3v) is 8.78. The van der Waals surface area contributed by atoms with E-state index in [1.54, 1.807) is 41.9 Å². The minimum atomic E-state index is -0.718. The zero-order chi connectivity index (χ0) is 31.4. The number of benzene rings is 3. The molecule has 1 aliphatic rings. The van der Waals surface area contributed by atoms with Gasteiger partial charge in [-0.25, -0.2) is 4.99 Å². The molecular formula is C34H34ClN3O5S. The molecule has 8 nitrogen and oxygen atoms in total. The molecule has 5 rings (SSSR count). The molecule has 4 aromatic rings. The number of para-hydroxylation sites is 1. The highest BCUT2D eigenvalue weighted by atomic mass is 35.5. The summed E-state index contributed by atoms with van der Waals surface area (Å²) in [5.41, 5.74) is 3.10. The van der Waals surface area contributed by atoms with E-state index < -0.39 is 6.04 Å². The zero-order valence-electron chi connectivity index (χ0n) is 25.3. The number of nitrogens with zero attached hydrogens (tertiary/aromatic N) is 3. The number of ether oxygens (including phenoxy) is 3. The van der Waals surface area contributed by atoms with E-state index in [0.29, 0.717) is 73.7 Å². The summed E-state index contributed by atoms with van der Waals surface area (Å²) in [6.07, 6.45) is 1.75. The van der Waals surface area contributed by atoms with Crippen LogP contribution < -0.4 is 29.1 Å². The number of thiazole rings is 1. The van der Waals surface area contributed by atoms with Crippen molar-refractivity contribution in [3.63, 3.8) is 0 Å². The van der Waals surface area contributed by atoms with Crippen molar-refractivity contribution < 1.29 is 19.0 Å². The van der Waals surface area contributed by atoms with Crippen LogP contribution in [0.2, 0.25) is 5.02 Å². The van der Waals surface area contributed by atoms with Gasteiger partial charge in [0.25, 0.3) is 11.5 Å². The maximum atomic E-state index is 14.2. The topological polar surface area (TPSA) is 82.4 Å². The van der Waals surface area contributed by atoms with Gasteiger partial charge in [-0.3, -0.25) is 14.2 Å². The lowest BCUT2D eigenvalue weighted by molar-refractivity contribution is -0.127. The quantitative estimate of drug-likeness (QED) is 0.236. The Morgan fingerprint density at radius 3 is 2.39 bits per heavy atom. The second-order valence-corrected chi connectivity index (χ2v) is 11.5. The van der Waals surface area contributed by atoms with E-state index in [1.807, 2.05) is 75.4 Å². The van der Waals surface area contributed by atoms with Crippen molar-refractivity contribution in [3.05, 3.63) is 119 Å². The average Bonchev–Trinajstić information content (AvgIpc) is 3.34. The fraction of sp³-hybridized carbons (Fsp3) is 0.265. The van der Waals surface area contributed by atoms with Crippen LogP contribution in [-0.2, 0) is 11.4 Å². The Morgan fingerprint density at radius 2 is 1.70 bits per heavy atom. The lowest BCUT2D eigenvalue weighted by Crippen LogP contribution is -2.43. The van der Waals surface area contributed by atoms with Gasteiger partial charge in [-0.05, 0) is 56.2 Å². The normalized spacial score (nSPS) is 14.6. The number of aromatic nitrogens is 1. The number of carbonyl (C=O) groups excluding carboxylic acids is 1. The monoisotopic (exact) mass is 631 g/mol. The Bertz CT molecular complexity index is 1890. The van der Waals surface area contributed by atoms with Crippen molar-refractivity contribution in [2.45, 2.75) is 33.4 Å². The van der Waals surface area contributed by atoms with Gasteiger partial charge in [0.15, 0.2) is 16.3 Å². The van der Waals surface area contributed by atoms with Gasteiger partial charge < -0.3 is 19.1 Å². The molecule has 10 heteroatoms. The van der Waals surface area contributed by atoms with Gasteiger partial charge in [-0.1, -0.05) is 71.5 Å². The van der Waals surface area contributed by atoms with Gasteiger partial charge in [-0.2, -0.15) is 0 Å². The first-order valence-corrected chi connectivity index (χ1v) is 15.5. The molecule has 1 aromatic heterocycles. The summed E-state index contributed by atoms with van der Waals surface area (Å²) in [5, 5.41) is 0.356. The van der Waals surface area contributed by atoms with Gasteiger partial charge in [0.05, 0.1) is 35.0 Å². The van der Waals surface area contributed by atoms with Crippen molar-refractivity contribution in [2.75, 3.05) is 27.3 Å². The van der Waals surface area contributed by atoms with Crippen molar-refractivity contribution in [2.24, 2.45) is 4.99 Å². The largest absolute Gasteiger partial charge is 0.496 e. The van der Waals surface area contributed by atoms with Crippen molar-refractivity contribution in [3.8, 4) is 17.2 Å². The Morgan fingerprint density at radius 1 is 1.02 bits per heavy atom. The summed E-state index contributed by atoms with van der Waals surface area (Å²) in [6.45, 7) is 7.07. The van der Waals surface area contributed by atoms with Gasteiger partial charge in [-0.15, -0.1) is 0 Å². The maximum absolute atomic E-state index is 14.2. The SMILES string of the molecule is CCN(CC)C(=O)C1=C(C)N=c2s/c(=C/c3cc(Cl)c(OCc4ccccc4)c(OC)c3)c(=O)n2[C@H]1c1ccccc1OC. The van der Waals surface area contributed by atoms with E-state index >= 15 is 0 Å². The Labute approximate surface area is 265 Å². The lowest BCUT2D eigenvalue weighted by Gasteiger charge is -2.29. The summed E-state index contributed by atoms with van der Waals surface area (Å²) in [4.78, 5) is 35.0. The smallest absolute Gasteiger partial charge is 0.271 e. The summed E-state index contributed by atoms with van der Waals surface area (Å²) < 4.78 is 19.3. The molecule has 44 heavy (non-hydrogen) atoms. The number of methoxy groups -OCH3 is 2. The van der Waals surface area contributed by atoms with Crippen LogP contribution in [0.3, 0.4) is 0 Å². The Kier molecular flexibility index (Phi) is 9.56. The number of hydrogen-bond donors (Lipinski definition) is 0. The number of fused-ring (bicyclic) bond motifs is 1. The van der Waals surface area contributed by atoms with Crippen molar-refractivity contribution >= 4 is 34.9 Å². The lowest BCUT2D eigenvalue weighted by atomic mass is 9.94. The predicted octanol–water partition coefficient (Wildman–Crippen LogP) is 5.35. The number of allylic oxidation sites excluding steroid dienone is 1. The number of likely N-dealkylation sites (N-methyl/N-ethyl adjacent to an activating group) is 1. The number of hydrogen-bond acceptors (Lipinski definition) is 7. The summed E-state index contributed by atoms with van der Waals surface area (Å²) in [7, 11) is 3.12. The summed E-state index contributed by atoms with van der Waals surface area (Å²) in [6, 6.07) is 20.0. The van der Waals surface area contributed by atoms with E-state index in [2.05, 4.69) is 0 Å².